The van der Waals surface area contributed by atoms with Crippen LogP contribution in [-0.2, 0) is 29.9 Å². The molecule has 0 aliphatic heterocycles. The van der Waals surface area contributed by atoms with Gasteiger partial charge in [-0.05, 0) is 38.2 Å². The fraction of sp³-hybridized carbons (Fsp3) is 0.500. The number of fused-ring (bicyclic) bond motifs is 3. The zero-order valence-electron chi connectivity index (χ0n) is 14.9. The molecule has 0 fully saturated rings. The molecule has 138 valence electrons. The number of aromatic nitrogens is 3. The van der Waals surface area contributed by atoms with Crippen LogP contribution in [0.3, 0.4) is 0 Å². The first-order valence-corrected chi connectivity index (χ1v) is 10.6. The van der Waals surface area contributed by atoms with Gasteiger partial charge in [0.15, 0.2) is 5.16 Å². The molecule has 8 heteroatoms. The summed E-state index contributed by atoms with van der Waals surface area (Å²) < 4.78 is 12.1. The lowest BCUT2D eigenvalue weighted by atomic mass is 9.97. The molecular weight excluding hydrogens is 370 g/mol. The van der Waals surface area contributed by atoms with E-state index in [4.69, 9.17) is 14.2 Å². The molecule has 0 unspecified atom stereocenters. The first-order chi connectivity index (χ1) is 12.7. The minimum absolute atomic E-state index is 0.0604. The SMILES string of the molecule is COCCn1c(SCc2cc(C)on2)nc2sc3c(c2c1=O)CCCC3. The molecule has 0 saturated carbocycles. The lowest BCUT2D eigenvalue weighted by Gasteiger charge is -2.13. The van der Waals surface area contributed by atoms with Gasteiger partial charge in [0.25, 0.3) is 5.56 Å². The summed E-state index contributed by atoms with van der Waals surface area (Å²) in [7, 11) is 1.65. The van der Waals surface area contributed by atoms with Crippen molar-refractivity contribution < 1.29 is 9.26 Å². The number of nitrogens with zero attached hydrogens (tertiary/aromatic N) is 3. The number of methoxy groups -OCH3 is 1. The molecule has 6 nitrogen and oxygen atoms in total. The second kappa shape index (κ2) is 7.54. The number of aryl methyl sites for hydroxylation is 3. The predicted octanol–water partition coefficient (Wildman–Crippen LogP) is 3.57. The minimum Gasteiger partial charge on any atom is -0.383 e. The second-order valence-corrected chi connectivity index (χ2v) is 8.48. The molecule has 0 spiro atoms. The molecule has 3 aromatic rings. The highest BCUT2D eigenvalue weighted by molar-refractivity contribution is 7.98. The van der Waals surface area contributed by atoms with Crippen LogP contribution in [-0.4, -0.2) is 28.4 Å². The van der Waals surface area contributed by atoms with Crippen LogP contribution in [0.5, 0.6) is 0 Å². The molecule has 0 N–H and O–H groups in total. The van der Waals surface area contributed by atoms with E-state index in [0.29, 0.717) is 18.9 Å². The maximum atomic E-state index is 13.2. The molecule has 0 aromatic carbocycles. The fourth-order valence-electron chi connectivity index (χ4n) is 3.33. The Balaban J connectivity index is 1.75. The Kier molecular flexibility index (Phi) is 5.15. The quantitative estimate of drug-likeness (QED) is 0.473. The predicted molar refractivity (Wildman–Crippen MR) is 103 cm³/mol. The number of thioether (sulfide) groups is 1. The van der Waals surface area contributed by atoms with Crippen LogP contribution in [0.4, 0.5) is 0 Å². The molecule has 1 aliphatic rings. The minimum atomic E-state index is 0.0604. The van der Waals surface area contributed by atoms with E-state index < -0.39 is 0 Å². The van der Waals surface area contributed by atoms with Crippen molar-refractivity contribution >= 4 is 33.3 Å². The van der Waals surface area contributed by atoms with E-state index in [2.05, 4.69) is 5.16 Å². The summed E-state index contributed by atoms with van der Waals surface area (Å²) in [4.78, 5) is 20.3. The second-order valence-electron chi connectivity index (χ2n) is 6.45. The number of rotatable bonds is 6. The van der Waals surface area contributed by atoms with Crippen molar-refractivity contribution in [1.82, 2.24) is 14.7 Å². The average molecular weight is 392 g/mol. The standard InChI is InChI=1S/C18H21N3O3S2/c1-11-9-12(20-24-11)10-25-18-19-16-15(17(22)21(18)7-8-23-2)13-5-3-4-6-14(13)26-16/h9H,3-8,10H2,1-2H3. The third-order valence-electron chi connectivity index (χ3n) is 4.58. The third kappa shape index (κ3) is 3.33. The number of hydrogen-bond donors (Lipinski definition) is 0. The molecule has 1 aliphatic carbocycles. The summed E-state index contributed by atoms with van der Waals surface area (Å²) >= 11 is 3.20. The first kappa shape index (κ1) is 17.8. The average Bonchev–Trinajstić information content (AvgIpc) is 3.22. The van der Waals surface area contributed by atoms with Crippen molar-refractivity contribution in [3.63, 3.8) is 0 Å². The van der Waals surface area contributed by atoms with E-state index in [1.807, 2.05) is 13.0 Å². The van der Waals surface area contributed by atoms with Crippen LogP contribution in [0.15, 0.2) is 20.5 Å². The topological polar surface area (TPSA) is 70.2 Å². The van der Waals surface area contributed by atoms with Crippen molar-refractivity contribution in [2.75, 3.05) is 13.7 Å². The molecule has 0 saturated heterocycles. The number of ether oxygens (including phenoxy) is 1. The van der Waals surface area contributed by atoms with Gasteiger partial charge in [0.05, 0.1) is 24.2 Å². The summed E-state index contributed by atoms with van der Waals surface area (Å²) in [5, 5.41) is 5.57. The van der Waals surface area contributed by atoms with Crippen molar-refractivity contribution in [2.45, 2.75) is 50.1 Å². The van der Waals surface area contributed by atoms with Crippen LogP contribution >= 0.6 is 23.1 Å². The van der Waals surface area contributed by atoms with Gasteiger partial charge in [-0.3, -0.25) is 9.36 Å². The summed E-state index contributed by atoms with van der Waals surface area (Å²) in [5.74, 6) is 1.40. The lowest BCUT2D eigenvalue weighted by Crippen LogP contribution is -2.25. The van der Waals surface area contributed by atoms with Crippen molar-refractivity contribution in [3.8, 4) is 0 Å². The normalized spacial score (nSPS) is 14.1. The monoisotopic (exact) mass is 391 g/mol. The van der Waals surface area contributed by atoms with Gasteiger partial charge in [-0.15, -0.1) is 11.3 Å². The van der Waals surface area contributed by atoms with Gasteiger partial charge < -0.3 is 9.26 Å². The van der Waals surface area contributed by atoms with Gasteiger partial charge in [0.2, 0.25) is 0 Å². The zero-order chi connectivity index (χ0) is 18.1. The Hall–Kier alpha value is -1.64. The first-order valence-electron chi connectivity index (χ1n) is 8.76. The highest BCUT2D eigenvalue weighted by Crippen LogP contribution is 2.35. The van der Waals surface area contributed by atoms with Crippen molar-refractivity contribution in [2.24, 2.45) is 0 Å². The molecule has 0 radical (unpaired) electrons. The molecule has 0 atom stereocenters. The van der Waals surface area contributed by atoms with E-state index in [-0.39, 0.29) is 5.56 Å². The fourth-order valence-corrected chi connectivity index (χ4v) is 5.54. The molecule has 0 bridgehead atoms. The Morgan fingerprint density at radius 1 is 1.38 bits per heavy atom. The third-order valence-corrected chi connectivity index (χ3v) is 6.78. The van der Waals surface area contributed by atoms with Crippen molar-refractivity contribution in [1.29, 1.82) is 0 Å². The summed E-state index contributed by atoms with van der Waals surface area (Å²) in [6.07, 6.45) is 4.40. The largest absolute Gasteiger partial charge is 0.383 e. The van der Waals surface area contributed by atoms with Gasteiger partial charge in [-0.25, -0.2) is 4.98 Å². The Morgan fingerprint density at radius 2 is 2.23 bits per heavy atom. The van der Waals surface area contributed by atoms with E-state index in [1.54, 1.807) is 23.0 Å². The van der Waals surface area contributed by atoms with E-state index in [1.165, 1.54) is 28.6 Å². The van der Waals surface area contributed by atoms with Gasteiger partial charge in [-0.1, -0.05) is 16.9 Å². The Morgan fingerprint density at radius 3 is 3.00 bits per heavy atom. The lowest BCUT2D eigenvalue weighted by molar-refractivity contribution is 0.183. The van der Waals surface area contributed by atoms with E-state index >= 15 is 0 Å². The Labute approximate surface area is 159 Å². The van der Waals surface area contributed by atoms with Crippen LogP contribution in [0, 0.1) is 6.92 Å². The van der Waals surface area contributed by atoms with Crippen molar-refractivity contribution in [3.05, 3.63) is 38.3 Å². The maximum Gasteiger partial charge on any atom is 0.263 e. The van der Waals surface area contributed by atoms with Crippen LogP contribution in [0.25, 0.3) is 10.2 Å². The molecule has 0 amide bonds. The number of thiophene rings is 1. The molecule has 4 rings (SSSR count). The van der Waals surface area contributed by atoms with Gasteiger partial charge in [-0.2, -0.15) is 0 Å². The summed E-state index contributed by atoms with van der Waals surface area (Å²) in [5.41, 5.74) is 2.14. The summed E-state index contributed by atoms with van der Waals surface area (Å²) in [6.45, 7) is 2.86. The highest BCUT2D eigenvalue weighted by Gasteiger charge is 2.22. The Bertz CT molecular complexity index is 990. The molecular formula is C18H21N3O3S2. The van der Waals surface area contributed by atoms with Crippen LogP contribution in [0.2, 0.25) is 0 Å². The zero-order valence-corrected chi connectivity index (χ0v) is 16.5. The van der Waals surface area contributed by atoms with Gasteiger partial charge in [0, 0.05) is 23.8 Å². The smallest absolute Gasteiger partial charge is 0.263 e. The maximum absolute atomic E-state index is 13.2. The van der Waals surface area contributed by atoms with E-state index in [9.17, 15) is 4.79 Å². The summed E-state index contributed by atoms with van der Waals surface area (Å²) in [6, 6.07) is 1.91. The van der Waals surface area contributed by atoms with E-state index in [0.717, 1.165) is 46.1 Å². The number of hydrogen-bond acceptors (Lipinski definition) is 7. The van der Waals surface area contributed by atoms with Crippen LogP contribution < -0.4 is 5.56 Å². The highest BCUT2D eigenvalue weighted by atomic mass is 32.2. The molecule has 26 heavy (non-hydrogen) atoms. The van der Waals surface area contributed by atoms with Gasteiger partial charge >= 0.3 is 0 Å². The van der Waals surface area contributed by atoms with Crippen LogP contribution in [0.1, 0.15) is 34.7 Å². The molecule has 3 aromatic heterocycles. The van der Waals surface area contributed by atoms with Gasteiger partial charge in [0.1, 0.15) is 10.6 Å². The molecule has 3 heterocycles.